The highest BCUT2D eigenvalue weighted by Gasteiger charge is 2.03. The molecule has 5 heteroatoms. The molecule has 72 valence electrons. The van der Waals surface area contributed by atoms with Gasteiger partial charge in [-0.15, -0.1) is 0 Å². The van der Waals surface area contributed by atoms with Gasteiger partial charge in [0.1, 0.15) is 12.4 Å². The lowest BCUT2D eigenvalue weighted by molar-refractivity contribution is 0.298. The number of hydrogen-bond acceptors (Lipinski definition) is 3. The van der Waals surface area contributed by atoms with Gasteiger partial charge in [0.05, 0.1) is 0 Å². The van der Waals surface area contributed by atoms with Gasteiger partial charge < -0.3 is 4.74 Å². The summed E-state index contributed by atoms with van der Waals surface area (Å²) in [6.45, 7) is 0.635. The molecule has 0 aliphatic rings. The maximum atomic E-state index is 12.9. The number of halogens is 2. The van der Waals surface area contributed by atoms with Crippen molar-refractivity contribution in [3.05, 3.63) is 29.8 Å². The Hall–Kier alpha value is -1.20. The van der Waals surface area contributed by atoms with Crippen LogP contribution in [0.25, 0.3) is 0 Å². The van der Waals surface area contributed by atoms with E-state index in [1.165, 1.54) is 6.07 Å². The van der Waals surface area contributed by atoms with Gasteiger partial charge in [-0.2, -0.15) is 0 Å². The normalized spacial score (nSPS) is 10.1. The van der Waals surface area contributed by atoms with E-state index >= 15 is 0 Å². The number of ether oxygens (including phenoxy) is 1. The molecule has 1 rings (SSSR count). The van der Waals surface area contributed by atoms with E-state index in [0.717, 1.165) is 12.1 Å². The van der Waals surface area contributed by atoms with Crippen LogP contribution < -0.4 is 16.0 Å². The first-order chi connectivity index (χ1) is 6.24. The monoisotopic (exact) mass is 188 g/mol. The van der Waals surface area contributed by atoms with E-state index in [1.54, 1.807) is 0 Å². The molecule has 0 atom stereocenters. The largest absolute Gasteiger partial charge is 0.489 e. The van der Waals surface area contributed by atoms with Gasteiger partial charge in [0.25, 0.3) is 0 Å². The van der Waals surface area contributed by atoms with Gasteiger partial charge in [0.2, 0.25) is 0 Å². The summed E-state index contributed by atoms with van der Waals surface area (Å²) in [7, 11) is 0. The van der Waals surface area contributed by atoms with E-state index in [0.29, 0.717) is 6.54 Å². The zero-order valence-corrected chi connectivity index (χ0v) is 6.89. The second-order valence-corrected chi connectivity index (χ2v) is 2.38. The summed E-state index contributed by atoms with van der Waals surface area (Å²) < 4.78 is 30.2. The van der Waals surface area contributed by atoms with Crippen LogP contribution >= 0.6 is 0 Å². The lowest BCUT2D eigenvalue weighted by Gasteiger charge is -2.05. The number of nitrogens with one attached hydrogen (secondary N) is 1. The molecule has 0 amide bonds. The van der Waals surface area contributed by atoms with Crippen molar-refractivity contribution in [2.75, 3.05) is 13.2 Å². The first-order valence-electron chi connectivity index (χ1n) is 3.75. The predicted octanol–water partition coefficient (Wildman–Crippen LogP) is 0.807. The minimum Gasteiger partial charge on any atom is -0.489 e. The van der Waals surface area contributed by atoms with Crippen LogP contribution in [0, 0.1) is 11.6 Å². The third kappa shape index (κ3) is 2.96. The fourth-order valence-electron chi connectivity index (χ4n) is 0.812. The smallest absolute Gasteiger partial charge is 0.167 e. The fraction of sp³-hybridized carbons (Fsp3) is 0.250. The molecule has 0 saturated carbocycles. The summed E-state index contributed by atoms with van der Waals surface area (Å²) in [5, 5.41) is 0. The lowest BCUT2D eigenvalue weighted by atomic mass is 10.3. The van der Waals surface area contributed by atoms with Crippen LogP contribution in [0.15, 0.2) is 18.2 Å². The Labute approximate surface area is 74.5 Å². The highest BCUT2D eigenvalue weighted by atomic mass is 19.1. The molecule has 0 heterocycles. The zero-order chi connectivity index (χ0) is 9.68. The SMILES string of the molecule is NNCCOc1ccc(F)cc1F. The Morgan fingerprint density at radius 1 is 1.38 bits per heavy atom. The summed E-state index contributed by atoms with van der Waals surface area (Å²) in [5.41, 5.74) is 2.35. The highest BCUT2D eigenvalue weighted by Crippen LogP contribution is 2.16. The maximum Gasteiger partial charge on any atom is 0.167 e. The number of hydrogen-bond donors (Lipinski definition) is 2. The number of hydrazine groups is 1. The van der Waals surface area contributed by atoms with E-state index in [4.69, 9.17) is 10.6 Å². The van der Waals surface area contributed by atoms with Crippen LogP contribution in [-0.4, -0.2) is 13.2 Å². The Morgan fingerprint density at radius 2 is 2.15 bits per heavy atom. The molecule has 0 saturated heterocycles. The van der Waals surface area contributed by atoms with Gasteiger partial charge >= 0.3 is 0 Å². The standard InChI is InChI=1S/C8H10F2N2O/c9-6-1-2-8(7(10)5-6)13-4-3-12-11/h1-2,5,12H,3-4,11H2. The second-order valence-electron chi connectivity index (χ2n) is 2.38. The molecule has 1 aromatic rings. The van der Waals surface area contributed by atoms with E-state index in [9.17, 15) is 8.78 Å². The van der Waals surface area contributed by atoms with Crippen LogP contribution in [0.1, 0.15) is 0 Å². The molecule has 0 fully saturated rings. The zero-order valence-electron chi connectivity index (χ0n) is 6.89. The van der Waals surface area contributed by atoms with Gasteiger partial charge in [0.15, 0.2) is 11.6 Å². The average molecular weight is 188 g/mol. The van der Waals surface area contributed by atoms with Gasteiger partial charge in [-0.05, 0) is 12.1 Å². The molecule has 0 unspecified atom stereocenters. The Morgan fingerprint density at radius 3 is 2.77 bits per heavy atom. The van der Waals surface area contributed by atoms with Crippen molar-refractivity contribution >= 4 is 0 Å². The van der Waals surface area contributed by atoms with Crippen LogP contribution in [0.4, 0.5) is 8.78 Å². The maximum absolute atomic E-state index is 12.9. The van der Waals surface area contributed by atoms with Crippen LogP contribution in [0.2, 0.25) is 0 Å². The minimum absolute atomic E-state index is 0.0247. The van der Waals surface area contributed by atoms with Gasteiger partial charge in [-0.3, -0.25) is 11.3 Å². The van der Waals surface area contributed by atoms with E-state index in [1.807, 2.05) is 0 Å². The van der Waals surface area contributed by atoms with Crippen LogP contribution in [0.5, 0.6) is 5.75 Å². The third-order valence-electron chi connectivity index (χ3n) is 1.40. The molecule has 0 aliphatic heterocycles. The van der Waals surface area contributed by atoms with Crippen LogP contribution in [-0.2, 0) is 0 Å². The van der Waals surface area contributed by atoms with Crippen molar-refractivity contribution < 1.29 is 13.5 Å². The van der Waals surface area contributed by atoms with Crippen molar-refractivity contribution in [3.8, 4) is 5.75 Å². The van der Waals surface area contributed by atoms with Crippen molar-refractivity contribution in [2.45, 2.75) is 0 Å². The molecule has 0 spiro atoms. The molecule has 13 heavy (non-hydrogen) atoms. The molecular formula is C8H10F2N2O. The second kappa shape index (κ2) is 4.74. The fourth-order valence-corrected chi connectivity index (χ4v) is 0.812. The Bertz CT molecular complexity index is 281. The first kappa shape index (κ1) is 9.88. The van der Waals surface area contributed by atoms with Gasteiger partial charge in [-0.25, -0.2) is 8.78 Å². The van der Waals surface area contributed by atoms with E-state index in [-0.39, 0.29) is 12.4 Å². The summed E-state index contributed by atoms with van der Waals surface area (Å²) in [4.78, 5) is 0. The van der Waals surface area contributed by atoms with Crippen molar-refractivity contribution in [2.24, 2.45) is 5.84 Å². The molecule has 3 nitrogen and oxygen atoms in total. The third-order valence-corrected chi connectivity index (χ3v) is 1.40. The van der Waals surface area contributed by atoms with Crippen LogP contribution in [0.3, 0.4) is 0 Å². The molecule has 0 aromatic heterocycles. The summed E-state index contributed by atoms with van der Waals surface area (Å²) >= 11 is 0. The first-order valence-corrected chi connectivity index (χ1v) is 3.75. The van der Waals surface area contributed by atoms with Gasteiger partial charge in [0, 0.05) is 12.6 Å². The van der Waals surface area contributed by atoms with Gasteiger partial charge in [-0.1, -0.05) is 0 Å². The number of benzene rings is 1. The average Bonchev–Trinajstić information content (AvgIpc) is 2.09. The highest BCUT2D eigenvalue weighted by molar-refractivity contribution is 5.24. The lowest BCUT2D eigenvalue weighted by Crippen LogP contribution is -2.27. The molecule has 1 aromatic carbocycles. The molecule has 0 aliphatic carbocycles. The van der Waals surface area contributed by atoms with E-state index in [2.05, 4.69) is 5.43 Å². The minimum atomic E-state index is -0.711. The van der Waals surface area contributed by atoms with E-state index < -0.39 is 11.6 Å². The van der Waals surface area contributed by atoms with Crippen molar-refractivity contribution in [1.82, 2.24) is 5.43 Å². The Kier molecular flexibility index (Phi) is 3.60. The predicted molar refractivity (Wildman–Crippen MR) is 44.0 cm³/mol. The number of nitrogens with two attached hydrogens (primary N) is 1. The molecule has 0 radical (unpaired) electrons. The Balaban J connectivity index is 2.56. The summed E-state index contributed by atoms with van der Waals surface area (Å²) in [6.07, 6.45) is 0. The topological polar surface area (TPSA) is 47.3 Å². The summed E-state index contributed by atoms with van der Waals surface area (Å²) in [6, 6.07) is 3.14. The molecule has 3 N–H and O–H groups in total. The molecular weight excluding hydrogens is 178 g/mol. The summed E-state index contributed by atoms with van der Waals surface area (Å²) in [5.74, 6) is 3.66. The quantitative estimate of drug-likeness (QED) is 0.417. The van der Waals surface area contributed by atoms with Crippen molar-refractivity contribution in [1.29, 1.82) is 0 Å². The number of rotatable bonds is 4. The van der Waals surface area contributed by atoms with Crippen molar-refractivity contribution in [3.63, 3.8) is 0 Å². The molecule has 0 bridgehead atoms.